The van der Waals surface area contributed by atoms with Crippen LogP contribution in [0.1, 0.15) is 19.0 Å². The summed E-state index contributed by atoms with van der Waals surface area (Å²) >= 11 is 0. The van der Waals surface area contributed by atoms with Crippen molar-refractivity contribution in [3.63, 3.8) is 0 Å². The van der Waals surface area contributed by atoms with Gasteiger partial charge in [0, 0.05) is 12.7 Å². The highest BCUT2D eigenvalue weighted by Gasteiger charge is 2.01. The molecule has 0 aliphatic rings. The highest BCUT2D eigenvalue weighted by atomic mass is 16.5. The van der Waals surface area contributed by atoms with E-state index in [4.69, 9.17) is 10.5 Å². The Kier molecular flexibility index (Phi) is 5.20. The highest BCUT2D eigenvalue weighted by Crippen LogP contribution is 2.14. The van der Waals surface area contributed by atoms with Crippen LogP contribution < -0.4 is 15.8 Å². The van der Waals surface area contributed by atoms with Gasteiger partial charge in [-0.05, 0) is 36.8 Å². The average molecular weight is 287 g/mol. The van der Waals surface area contributed by atoms with Gasteiger partial charge in [-0.2, -0.15) is 5.10 Å². The Morgan fingerprint density at radius 2 is 2.10 bits per heavy atom. The van der Waals surface area contributed by atoms with Gasteiger partial charge in [0.25, 0.3) is 0 Å². The second kappa shape index (κ2) is 7.33. The molecule has 112 valence electrons. The van der Waals surface area contributed by atoms with E-state index in [9.17, 15) is 0 Å². The van der Waals surface area contributed by atoms with Gasteiger partial charge in [-0.25, -0.2) is 9.67 Å². The summed E-state index contributed by atoms with van der Waals surface area (Å²) in [6.07, 6.45) is 2.92. The molecule has 0 saturated heterocycles. The van der Waals surface area contributed by atoms with Gasteiger partial charge < -0.3 is 15.8 Å². The zero-order chi connectivity index (χ0) is 15.1. The van der Waals surface area contributed by atoms with Gasteiger partial charge in [-0.3, -0.25) is 0 Å². The molecule has 0 aliphatic heterocycles. The summed E-state index contributed by atoms with van der Waals surface area (Å²) in [5, 5.41) is 7.51. The molecule has 2 rings (SSSR count). The van der Waals surface area contributed by atoms with Crippen LogP contribution in [0.15, 0.2) is 41.5 Å². The molecule has 1 heterocycles. The summed E-state index contributed by atoms with van der Waals surface area (Å²) in [5.74, 6) is 1.28. The number of methoxy groups -OCH3 is 1. The zero-order valence-corrected chi connectivity index (χ0v) is 12.4. The Morgan fingerprint density at radius 3 is 2.76 bits per heavy atom. The lowest BCUT2D eigenvalue weighted by Crippen LogP contribution is -2.32. The van der Waals surface area contributed by atoms with E-state index >= 15 is 0 Å². The highest BCUT2D eigenvalue weighted by molar-refractivity contribution is 5.77. The molecule has 0 radical (unpaired) electrons. The molecule has 1 aromatic carbocycles. The number of ether oxygens (including phenoxy) is 1. The maximum atomic E-state index is 5.75. The van der Waals surface area contributed by atoms with E-state index in [1.807, 2.05) is 36.5 Å². The molecule has 6 nitrogen and oxygen atoms in total. The Balaban J connectivity index is 2.00. The van der Waals surface area contributed by atoms with Gasteiger partial charge in [0.15, 0.2) is 5.96 Å². The molecular weight excluding hydrogens is 266 g/mol. The molecule has 0 atom stereocenters. The van der Waals surface area contributed by atoms with Crippen molar-refractivity contribution in [3.8, 4) is 11.4 Å². The third-order valence-corrected chi connectivity index (χ3v) is 2.95. The predicted molar refractivity (Wildman–Crippen MR) is 83.7 cm³/mol. The molecule has 0 spiro atoms. The average Bonchev–Trinajstić information content (AvgIpc) is 3.00. The summed E-state index contributed by atoms with van der Waals surface area (Å²) in [7, 11) is 1.65. The minimum absolute atomic E-state index is 0.454. The van der Waals surface area contributed by atoms with Crippen molar-refractivity contribution in [3.05, 3.63) is 42.2 Å². The third kappa shape index (κ3) is 4.24. The summed E-state index contributed by atoms with van der Waals surface area (Å²) in [4.78, 5) is 4.25. The molecule has 0 amide bonds. The number of benzene rings is 1. The number of guanidine groups is 1. The van der Waals surface area contributed by atoms with Crippen LogP contribution >= 0.6 is 0 Å². The maximum absolute atomic E-state index is 5.75. The molecule has 21 heavy (non-hydrogen) atoms. The normalized spacial score (nSPS) is 11.4. The van der Waals surface area contributed by atoms with Crippen LogP contribution in [-0.2, 0) is 6.54 Å². The van der Waals surface area contributed by atoms with Crippen molar-refractivity contribution < 1.29 is 4.74 Å². The number of hydrogen-bond acceptors (Lipinski definition) is 3. The second-order valence-electron chi connectivity index (χ2n) is 4.58. The SMILES string of the molecule is CCCNC(N)=NCc1ccn(-c2ccc(OC)cc2)n1. The summed E-state index contributed by atoms with van der Waals surface area (Å²) in [6, 6.07) is 9.65. The van der Waals surface area contributed by atoms with E-state index in [0.717, 1.165) is 30.1 Å². The number of aliphatic imine (C=N–C) groups is 1. The Hall–Kier alpha value is -2.50. The number of aromatic nitrogens is 2. The molecule has 0 unspecified atom stereocenters. The van der Waals surface area contributed by atoms with Crippen molar-refractivity contribution >= 4 is 5.96 Å². The first kappa shape index (κ1) is 14.9. The van der Waals surface area contributed by atoms with Crippen molar-refractivity contribution in [1.29, 1.82) is 0 Å². The predicted octanol–water partition coefficient (Wildman–Crippen LogP) is 1.70. The van der Waals surface area contributed by atoms with Crippen molar-refractivity contribution in [2.24, 2.45) is 10.7 Å². The number of rotatable bonds is 6. The topological polar surface area (TPSA) is 77.5 Å². The molecule has 0 aliphatic carbocycles. The van der Waals surface area contributed by atoms with E-state index < -0.39 is 0 Å². The first-order valence-electron chi connectivity index (χ1n) is 6.95. The minimum Gasteiger partial charge on any atom is -0.497 e. The molecule has 6 heteroatoms. The molecule has 0 fully saturated rings. The second-order valence-corrected chi connectivity index (χ2v) is 4.58. The first-order valence-corrected chi connectivity index (χ1v) is 6.95. The van der Waals surface area contributed by atoms with Crippen molar-refractivity contribution in [1.82, 2.24) is 15.1 Å². The summed E-state index contributed by atoms with van der Waals surface area (Å²) in [6.45, 7) is 3.37. The molecule has 0 saturated carbocycles. The number of hydrogen-bond donors (Lipinski definition) is 2. The fourth-order valence-corrected chi connectivity index (χ4v) is 1.80. The van der Waals surface area contributed by atoms with E-state index in [1.54, 1.807) is 11.8 Å². The largest absolute Gasteiger partial charge is 0.497 e. The minimum atomic E-state index is 0.454. The Bertz CT molecular complexity index is 588. The maximum Gasteiger partial charge on any atom is 0.188 e. The fraction of sp³-hybridized carbons (Fsp3) is 0.333. The molecule has 3 N–H and O–H groups in total. The van der Waals surface area contributed by atoms with E-state index in [0.29, 0.717) is 12.5 Å². The fourth-order valence-electron chi connectivity index (χ4n) is 1.80. The standard InChI is InChI=1S/C15H21N5O/c1-3-9-17-15(16)18-11-12-8-10-20(19-12)13-4-6-14(21-2)7-5-13/h4-8,10H,3,9,11H2,1-2H3,(H3,16,17,18). The lowest BCUT2D eigenvalue weighted by atomic mass is 10.3. The van der Waals surface area contributed by atoms with Crippen molar-refractivity contribution in [2.45, 2.75) is 19.9 Å². The van der Waals surface area contributed by atoms with Gasteiger partial charge in [0.1, 0.15) is 5.75 Å². The van der Waals surface area contributed by atoms with Gasteiger partial charge in [0.2, 0.25) is 0 Å². The monoisotopic (exact) mass is 287 g/mol. The molecule has 1 aromatic heterocycles. The van der Waals surface area contributed by atoms with Crippen LogP contribution in [0.25, 0.3) is 5.69 Å². The zero-order valence-electron chi connectivity index (χ0n) is 12.4. The quantitative estimate of drug-likeness (QED) is 0.626. The van der Waals surface area contributed by atoms with Crippen LogP contribution in [0.3, 0.4) is 0 Å². The van der Waals surface area contributed by atoms with Gasteiger partial charge >= 0.3 is 0 Å². The lowest BCUT2D eigenvalue weighted by Gasteiger charge is -2.03. The number of nitrogens with zero attached hydrogens (tertiary/aromatic N) is 3. The van der Waals surface area contributed by atoms with Crippen LogP contribution in [0, 0.1) is 0 Å². The number of nitrogens with one attached hydrogen (secondary N) is 1. The molecular formula is C15H21N5O. The molecule has 2 aromatic rings. The van der Waals surface area contributed by atoms with Crippen LogP contribution in [0.2, 0.25) is 0 Å². The van der Waals surface area contributed by atoms with E-state index in [1.165, 1.54) is 0 Å². The smallest absolute Gasteiger partial charge is 0.188 e. The third-order valence-electron chi connectivity index (χ3n) is 2.95. The van der Waals surface area contributed by atoms with Crippen LogP contribution in [0.4, 0.5) is 0 Å². The van der Waals surface area contributed by atoms with Crippen molar-refractivity contribution in [2.75, 3.05) is 13.7 Å². The van der Waals surface area contributed by atoms with Gasteiger partial charge in [-0.15, -0.1) is 0 Å². The lowest BCUT2D eigenvalue weighted by molar-refractivity contribution is 0.414. The van der Waals surface area contributed by atoms with Crippen LogP contribution in [0.5, 0.6) is 5.75 Å². The van der Waals surface area contributed by atoms with E-state index in [2.05, 4.69) is 22.3 Å². The van der Waals surface area contributed by atoms with Gasteiger partial charge in [0.05, 0.1) is 25.0 Å². The van der Waals surface area contributed by atoms with E-state index in [-0.39, 0.29) is 0 Å². The first-order chi connectivity index (χ1) is 10.2. The summed E-state index contributed by atoms with van der Waals surface area (Å²) in [5.41, 5.74) is 7.59. The Morgan fingerprint density at radius 1 is 1.33 bits per heavy atom. The summed E-state index contributed by atoms with van der Waals surface area (Å²) < 4.78 is 6.94. The Labute approximate surface area is 124 Å². The van der Waals surface area contributed by atoms with Gasteiger partial charge in [-0.1, -0.05) is 6.92 Å². The van der Waals surface area contributed by atoms with Crippen LogP contribution in [-0.4, -0.2) is 29.4 Å². The molecule has 0 bridgehead atoms. The number of nitrogens with two attached hydrogens (primary N) is 1.